The molecule has 1 aromatic carbocycles. The van der Waals surface area contributed by atoms with Gasteiger partial charge >= 0.3 is 0 Å². The lowest BCUT2D eigenvalue weighted by molar-refractivity contribution is 0.299. The van der Waals surface area contributed by atoms with Gasteiger partial charge in [-0.25, -0.2) is 0 Å². The fourth-order valence-corrected chi connectivity index (χ4v) is 1.08. The van der Waals surface area contributed by atoms with Crippen LogP contribution in [0.1, 0.15) is 5.56 Å². The molecular formula is C10H13O3. The molecule has 0 bridgehead atoms. The summed E-state index contributed by atoms with van der Waals surface area (Å²) in [6.07, 6.45) is 0.584. The summed E-state index contributed by atoms with van der Waals surface area (Å²) in [6, 6.07) is 6.53. The van der Waals surface area contributed by atoms with E-state index < -0.39 is 0 Å². The van der Waals surface area contributed by atoms with E-state index >= 15 is 0 Å². The summed E-state index contributed by atoms with van der Waals surface area (Å²) in [5.74, 6) is 1.33. The molecule has 0 saturated heterocycles. The minimum Gasteiger partial charge on any atom is -0.493 e. The topological polar surface area (TPSA) is 38.7 Å². The van der Waals surface area contributed by atoms with Crippen molar-refractivity contribution in [2.24, 2.45) is 0 Å². The molecule has 1 aromatic rings. The Balaban J connectivity index is 2.91. The molecule has 0 atom stereocenters. The Bertz CT molecular complexity index is 271. The van der Waals surface area contributed by atoms with Gasteiger partial charge in [0.25, 0.3) is 0 Å². The van der Waals surface area contributed by atoms with E-state index in [0.717, 1.165) is 5.56 Å². The molecule has 13 heavy (non-hydrogen) atoms. The highest BCUT2D eigenvalue weighted by atomic mass is 16.5. The summed E-state index contributed by atoms with van der Waals surface area (Å²) in [4.78, 5) is 0. The highest BCUT2D eigenvalue weighted by Gasteiger charge is 2.03. The van der Waals surface area contributed by atoms with E-state index in [1.54, 1.807) is 20.3 Å². The highest BCUT2D eigenvalue weighted by molar-refractivity contribution is 5.42. The van der Waals surface area contributed by atoms with Crippen LogP contribution in [0.2, 0.25) is 0 Å². The molecule has 0 amide bonds. The van der Waals surface area contributed by atoms with Crippen molar-refractivity contribution in [3.8, 4) is 11.5 Å². The maximum absolute atomic E-state index is 8.72. The van der Waals surface area contributed by atoms with Crippen molar-refractivity contribution in [3.05, 3.63) is 23.8 Å². The average molecular weight is 181 g/mol. The molecule has 0 spiro atoms. The van der Waals surface area contributed by atoms with E-state index in [4.69, 9.17) is 14.6 Å². The van der Waals surface area contributed by atoms with Crippen LogP contribution in [0, 0.1) is 6.07 Å². The number of methoxy groups -OCH3 is 2. The molecule has 0 aliphatic heterocycles. The van der Waals surface area contributed by atoms with Gasteiger partial charge in [-0.15, -0.1) is 0 Å². The Morgan fingerprint density at radius 3 is 2.54 bits per heavy atom. The second-order valence-corrected chi connectivity index (χ2v) is 2.57. The van der Waals surface area contributed by atoms with Gasteiger partial charge in [0, 0.05) is 6.61 Å². The van der Waals surface area contributed by atoms with Crippen LogP contribution in [0.15, 0.2) is 12.1 Å². The van der Waals surface area contributed by atoms with Gasteiger partial charge in [0.15, 0.2) is 11.5 Å². The second-order valence-electron chi connectivity index (χ2n) is 2.57. The quantitative estimate of drug-likeness (QED) is 0.754. The lowest BCUT2D eigenvalue weighted by atomic mass is 10.1. The Morgan fingerprint density at radius 1 is 1.31 bits per heavy atom. The molecular weight excluding hydrogens is 168 g/mol. The average Bonchev–Trinajstić information content (AvgIpc) is 2.18. The zero-order valence-electron chi connectivity index (χ0n) is 7.83. The molecule has 0 fully saturated rings. The lowest BCUT2D eigenvalue weighted by Gasteiger charge is -2.08. The zero-order valence-corrected chi connectivity index (χ0v) is 7.83. The minimum atomic E-state index is 0.117. The SMILES string of the molecule is COc1c[c]c(CCO)cc1OC. The van der Waals surface area contributed by atoms with Gasteiger partial charge < -0.3 is 14.6 Å². The van der Waals surface area contributed by atoms with Crippen molar-refractivity contribution < 1.29 is 14.6 Å². The molecule has 3 heteroatoms. The number of hydrogen-bond donors (Lipinski definition) is 1. The van der Waals surface area contributed by atoms with E-state index in [-0.39, 0.29) is 6.61 Å². The third kappa shape index (κ3) is 2.36. The van der Waals surface area contributed by atoms with Gasteiger partial charge in [0.1, 0.15) is 0 Å². The van der Waals surface area contributed by atoms with Crippen LogP contribution in [0.25, 0.3) is 0 Å². The van der Waals surface area contributed by atoms with Gasteiger partial charge in [-0.2, -0.15) is 0 Å². The number of hydrogen-bond acceptors (Lipinski definition) is 3. The van der Waals surface area contributed by atoms with Crippen LogP contribution in [-0.4, -0.2) is 25.9 Å². The molecule has 0 saturated carbocycles. The Hall–Kier alpha value is -1.22. The zero-order chi connectivity index (χ0) is 9.68. The molecule has 0 unspecified atom stereocenters. The minimum absolute atomic E-state index is 0.117. The van der Waals surface area contributed by atoms with Crippen LogP contribution >= 0.6 is 0 Å². The molecule has 0 aromatic heterocycles. The molecule has 0 aliphatic rings. The standard InChI is InChI=1S/C10H13O3/c1-12-9-4-3-8(5-6-11)7-10(9)13-2/h4,7,11H,5-6H2,1-2H3. The molecule has 0 aliphatic carbocycles. The fraction of sp³-hybridized carbons (Fsp3) is 0.400. The molecule has 1 radical (unpaired) electrons. The lowest BCUT2D eigenvalue weighted by Crippen LogP contribution is -1.95. The van der Waals surface area contributed by atoms with Crippen LogP contribution < -0.4 is 9.47 Å². The van der Waals surface area contributed by atoms with E-state index in [2.05, 4.69) is 6.07 Å². The summed E-state index contributed by atoms with van der Waals surface area (Å²) < 4.78 is 10.1. The summed E-state index contributed by atoms with van der Waals surface area (Å²) in [5.41, 5.74) is 0.917. The fourth-order valence-electron chi connectivity index (χ4n) is 1.08. The number of aliphatic hydroxyl groups excluding tert-OH is 1. The first kappa shape index (κ1) is 9.86. The Kier molecular flexibility index (Phi) is 3.58. The van der Waals surface area contributed by atoms with Gasteiger partial charge in [-0.3, -0.25) is 0 Å². The van der Waals surface area contributed by atoms with Crippen LogP contribution in [-0.2, 0) is 6.42 Å². The maximum Gasteiger partial charge on any atom is 0.161 e. The van der Waals surface area contributed by atoms with E-state index in [1.165, 1.54) is 0 Å². The monoisotopic (exact) mass is 181 g/mol. The predicted molar refractivity (Wildman–Crippen MR) is 49.2 cm³/mol. The van der Waals surface area contributed by atoms with E-state index in [9.17, 15) is 0 Å². The smallest absolute Gasteiger partial charge is 0.161 e. The third-order valence-electron chi connectivity index (χ3n) is 1.76. The summed E-state index contributed by atoms with van der Waals surface area (Å²) in [5, 5.41) is 8.72. The third-order valence-corrected chi connectivity index (χ3v) is 1.76. The van der Waals surface area contributed by atoms with Crippen molar-refractivity contribution in [2.75, 3.05) is 20.8 Å². The number of ether oxygens (including phenoxy) is 2. The van der Waals surface area contributed by atoms with E-state index in [1.807, 2.05) is 6.07 Å². The van der Waals surface area contributed by atoms with Crippen molar-refractivity contribution in [1.82, 2.24) is 0 Å². The van der Waals surface area contributed by atoms with Crippen molar-refractivity contribution in [3.63, 3.8) is 0 Å². The highest BCUT2D eigenvalue weighted by Crippen LogP contribution is 2.27. The summed E-state index contributed by atoms with van der Waals surface area (Å²) in [6.45, 7) is 0.117. The molecule has 3 nitrogen and oxygen atoms in total. The molecule has 0 heterocycles. The normalized spacial score (nSPS) is 9.77. The number of rotatable bonds is 4. The second kappa shape index (κ2) is 4.72. The Labute approximate surface area is 77.9 Å². The summed E-state index contributed by atoms with van der Waals surface area (Å²) in [7, 11) is 3.16. The van der Waals surface area contributed by atoms with Gasteiger partial charge in [-0.1, -0.05) is 0 Å². The van der Waals surface area contributed by atoms with Crippen molar-refractivity contribution in [1.29, 1.82) is 0 Å². The number of benzene rings is 1. The maximum atomic E-state index is 8.72. The summed E-state index contributed by atoms with van der Waals surface area (Å²) >= 11 is 0. The first-order valence-electron chi connectivity index (χ1n) is 4.05. The molecule has 71 valence electrons. The van der Waals surface area contributed by atoms with Crippen LogP contribution in [0.5, 0.6) is 11.5 Å². The first-order valence-corrected chi connectivity index (χ1v) is 4.05. The van der Waals surface area contributed by atoms with Crippen molar-refractivity contribution in [2.45, 2.75) is 6.42 Å². The molecule has 1 N–H and O–H groups in total. The largest absolute Gasteiger partial charge is 0.493 e. The van der Waals surface area contributed by atoms with Gasteiger partial charge in [-0.05, 0) is 30.2 Å². The van der Waals surface area contributed by atoms with Gasteiger partial charge in [0.05, 0.1) is 14.2 Å². The van der Waals surface area contributed by atoms with E-state index in [0.29, 0.717) is 17.9 Å². The molecule has 1 rings (SSSR count). The van der Waals surface area contributed by atoms with Crippen molar-refractivity contribution >= 4 is 0 Å². The van der Waals surface area contributed by atoms with Gasteiger partial charge in [0.2, 0.25) is 0 Å². The predicted octanol–water partition coefficient (Wildman–Crippen LogP) is 1.04. The van der Waals surface area contributed by atoms with Crippen LogP contribution in [0.4, 0.5) is 0 Å². The number of aliphatic hydroxyl groups is 1. The Morgan fingerprint density at radius 2 is 2.00 bits per heavy atom. The first-order chi connectivity index (χ1) is 6.31. The van der Waals surface area contributed by atoms with Crippen LogP contribution in [0.3, 0.4) is 0 Å².